The van der Waals surface area contributed by atoms with Crippen LogP contribution in [-0.4, -0.2) is 35.6 Å². The van der Waals surface area contributed by atoms with E-state index in [4.69, 9.17) is 4.74 Å². The van der Waals surface area contributed by atoms with Crippen molar-refractivity contribution in [3.63, 3.8) is 0 Å². The summed E-state index contributed by atoms with van der Waals surface area (Å²) in [6.07, 6.45) is 2.69. The van der Waals surface area contributed by atoms with E-state index in [0.717, 1.165) is 18.7 Å². The molecule has 1 aromatic carbocycles. The van der Waals surface area contributed by atoms with Gasteiger partial charge in [0, 0.05) is 24.7 Å². The van der Waals surface area contributed by atoms with Gasteiger partial charge < -0.3 is 15.0 Å². The Labute approximate surface area is 149 Å². The van der Waals surface area contributed by atoms with Gasteiger partial charge in [0.05, 0.1) is 13.7 Å². The summed E-state index contributed by atoms with van der Waals surface area (Å²) in [5, 5.41) is 2.97. The number of aromatic nitrogens is 1. The first-order chi connectivity index (χ1) is 12.1. The molecule has 2 amide bonds. The highest BCUT2D eigenvalue weighted by molar-refractivity contribution is 5.75. The molecule has 1 saturated heterocycles. The molecule has 0 radical (unpaired) electrons. The van der Waals surface area contributed by atoms with Crippen molar-refractivity contribution in [2.45, 2.75) is 38.8 Å². The number of likely N-dealkylation sites (tertiary alicyclic amines) is 1. The third-order valence-corrected chi connectivity index (χ3v) is 4.86. The fourth-order valence-corrected chi connectivity index (χ4v) is 3.40. The van der Waals surface area contributed by atoms with E-state index in [1.54, 1.807) is 13.3 Å². The smallest absolute Gasteiger partial charge is 0.317 e. The number of amides is 2. The van der Waals surface area contributed by atoms with Gasteiger partial charge in [-0.05, 0) is 38.0 Å². The third kappa shape index (κ3) is 3.92. The number of hydrogen-bond acceptors (Lipinski definition) is 3. The topological polar surface area (TPSA) is 54.5 Å². The molecule has 0 spiro atoms. The molecule has 0 saturated carbocycles. The largest absolute Gasteiger partial charge is 0.495 e. The van der Waals surface area contributed by atoms with Gasteiger partial charge in [-0.15, -0.1) is 0 Å². The summed E-state index contributed by atoms with van der Waals surface area (Å²) in [7, 11) is 1.61. The number of hydrogen-bond donors (Lipinski definition) is 1. The van der Waals surface area contributed by atoms with Crippen LogP contribution >= 0.6 is 0 Å². The van der Waals surface area contributed by atoms with E-state index in [1.165, 1.54) is 11.1 Å². The second kappa shape index (κ2) is 7.55. The zero-order chi connectivity index (χ0) is 17.8. The molecule has 2 atom stereocenters. The maximum atomic E-state index is 12.6. The minimum Gasteiger partial charge on any atom is -0.495 e. The van der Waals surface area contributed by atoms with Crippen molar-refractivity contribution in [2.75, 3.05) is 13.7 Å². The van der Waals surface area contributed by atoms with E-state index in [0.29, 0.717) is 18.2 Å². The van der Waals surface area contributed by atoms with Gasteiger partial charge in [0.25, 0.3) is 0 Å². The fourth-order valence-electron chi connectivity index (χ4n) is 3.40. The van der Waals surface area contributed by atoms with Gasteiger partial charge in [0.1, 0.15) is 11.4 Å². The summed E-state index contributed by atoms with van der Waals surface area (Å²) in [6, 6.07) is 12.5. The van der Waals surface area contributed by atoms with E-state index in [1.807, 2.05) is 17.0 Å². The zero-order valence-electron chi connectivity index (χ0n) is 15.0. The van der Waals surface area contributed by atoms with Crippen LogP contribution in [0.25, 0.3) is 0 Å². The Morgan fingerprint density at radius 1 is 1.32 bits per heavy atom. The van der Waals surface area contributed by atoms with Crippen LogP contribution in [-0.2, 0) is 6.54 Å². The van der Waals surface area contributed by atoms with Crippen molar-refractivity contribution in [2.24, 2.45) is 0 Å². The summed E-state index contributed by atoms with van der Waals surface area (Å²) < 4.78 is 5.28. The molecule has 1 aliphatic heterocycles. The van der Waals surface area contributed by atoms with Crippen molar-refractivity contribution in [1.29, 1.82) is 0 Å². The number of nitrogens with one attached hydrogen (secondary N) is 1. The average molecular weight is 339 g/mol. The number of rotatable bonds is 4. The van der Waals surface area contributed by atoms with Crippen molar-refractivity contribution in [3.05, 3.63) is 59.4 Å². The number of aryl methyl sites for hydroxylation is 1. The van der Waals surface area contributed by atoms with E-state index in [2.05, 4.69) is 48.4 Å². The number of urea groups is 1. The van der Waals surface area contributed by atoms with Gasteiger partial charge in [-0.1, -0.05) is 29.8 Å². The first-order valence-corrected chi connectivity index (χ1v) is 8.67. The molecular weight excluding hydrogens is 314 g/mol. The van der Waals surface area contributed by atoms with Gasteiger partial charge in [-0.2, -0.15) is 0 Å². The molecule has 132 valence electrons. The molecule has 1 fully saturated rings. The Morgan fingerprint density at radius 2 is 2.08 bits per heavy atom. The maximum absolute atomic E-state index is 12.6. The minimum absolute atomic E-state index is 0.0465. The van der Waals surface area contributed by atoms with E-state index < -0.39 is 0 Å². The molecular formula is C20H25N3O2. The van der Waals surface area contributed by atoms with Gasteiger partial charge in [-0.25, -0.2) is 4.79 Å². The lowest BCUT2D eigenvalue weighted by molar-refractivity contribution is 0.195. The number of ether oxygens (including phenoxy) is 1. The highest BCUT2D eigenvalue weighted by Gasteiger charge is 2.33. The lowest BCUT2D eigenvalue weighted by atomic mass is 9.96. The molecule has 1 aliphatic rings. The van der Waals surface area contributed by atoms with Crippen molar-refractivity contribution in [3.8, 4) is 5.75 Å². The predicted molar refractivity (Wildman–Crippen MR) is 97.7 cm³/mol. The highest BCUT2D eigenvalue weighted by Crippen LogP contribution is 2.31. The van der Waals surface area contributed by atoms with Crippen LogP contribution in [0.15, 0.2) is 42.6 Å². The van der Waals surface area contributed by atoms with Crippen LogP contribution in [0.5, 0.6) is 5.75 Å². The average Bonchev–Trinajstić information content (AvgIpc) is 3.02. The van der Waals surface area contributed by atoms with Gasteiger partial charge in [0.2, 0.25) is 0 Å². The molecule has 2 heterocycles. The maximum Gasteiger partial charge on any atom is 0.317 e. The summed E-state index contributed by atoms with van der Waals surface area (Å²) in [5.41, 5.74) is 3.30. The molecule has 2 unspecified atom stereocenters. The van der Waals surface area contributed by atoms with E-state index in [9.17, 15) is 4.79 Å². The Kier molecular flexibility index (Phi) is 5.22. The summed E-state index contributed by atoms with van der Waals surface area (Å²) in [5.74, 6) is 1.08. The van der Waals surface area contributed by atoms with E-state index >= 15 is 0 Å². The number of carbonyl (C=O) groups excluding carboxylic acids is 1. The lowest BCUT2D eigenvalue weighted by Gasteiger charge is -2.22. The monoisotopic (exact) mass is 339 g/mol. The molecule has 2 aromatic rings. The van der Waals surface area contributed by atoms with Gasteiger partial charge >= 0.3 is 6.03 Å². The number of methoxy groups -OCH3 is 1. The molecule has 5 heteroatoms. The van der Waals surface area contributed by atoms with Crippen LogP contribution in [0.2, 0.25) is 0 Å². The molecule has 0 aliphatic carbocycles. The van der Waals surface area contributed by atoms with Gasteiger partial charge in [-0.3, -0.25) is 4.98 Å². The Balaban J connectivity index is 1.61. The number of carbonyl (C=O) groups is 1. The van der Waals surface area contributed by atoms with Crippen molar-refractivity contribution < 1.29 is 9.53 Å². The molecule has 3 rings (SSSR count). The van der Waals surface area contributed by atoms with Crippen molar-refractivity contribution in [1.82, 2.24) is 15.2 Å². The normalized spacial score (nSPS) is 19.7. The standard InChI is InChI=1S/C20H25N3O2/c1-14-6-8-16(9-7-14)17-11-15(2)23(13-17)20(24)22-12-18-19(25-3)5-4-10-21-18/h4-10,15,17H,11-13H2,1-3H3,(H,22,24). The predicted octanol–water partition coefficient (Wildman–Crippen LogP) is 3.49. The molecule has 5 nitrogen and oxygen atoms in total. The summed E-state index contributed by atoms with van der Waals surface area (Å²) >= 11 is 0. The summed E-state index contributed by atoms with van der Waals surface area (Å²) in [4.78, 5) is 18.8. The van der Waals surface area contributed by atoms with Crippen LogP contribution < -0.4 is 10.1 Å². The summed E-state index contributed by atoms with van der Waals surface area (Å²) in [6.45, 7) is 5.30. The molecule has 0 bridgehead atoms. The SMILES string of the molecule is COc1cccnc1CNC(=O)N1CC(c2ccc(C)cc2)CC1C. The lowest BCUT2D eigenvalue weighted by Crippen LogP contribution is -2.41. The van der Waals surface area contributed by atoms with Crippen molar-refractivity contribution >= 4 is 6.03 Å². The Bertz CT molecular complexity index is 730. The van der Waals surface area contributed by atoms with Crippen LogP contribution in [0, 0.1) is 6.92 Å². The Hall–Kier alpha value is -2.56. The number of benzene rings is 1. The molecule has 1 N–H and O–H groups in total. The number of pyridine rings is 1. The van der Waals surface area contributed by atoms with E-state index in [-0.39, 0.29) is 12.1 Å². The molecule has 1 aromatic heterocycles. The third-order valence-electron chi connectivity index (χ3n) is 4.86. The van der Waals surface area contributed by atoms with Crippen LogP contribution in [0.1, 0.15) is 36.1 Å². The highest BCUT2D eigenvalue weighted by atomic mass is 16.5. The van der Waals surface area contributed by atoms with Gasteiger partial charge in [0.15, 0.2) is 0 Å². The van der Waals surface area contributed by atoms with Crippen LogP contribution in [0.4, 0.5) is 4.79 Å². The molecule has 25 heavy (non-hydrogen) atoms. The minimum atomic E-state index is -0.0465. The second-order valence-corrected chi connectivity index (χ2v) is 6.66. The zero-order valence-corrected chi connectivity index (χ0v) is 15.0. The van der Waals surface area contributed by atoms with Crippen LogP contribution in [0.3, 0.4) is 0 Å². The first-order valence-electron chi connectivity index (χ1n) is 8.67. The first kappa shape index (κ1) is 17.3. The Morgan fingerprint density at radius 3 is 2.80 bits per heavy atom. The number of nitrogens with zero attached hydrogens (tertiary/aromatic N) is 2. The fraction of sp³-hybridized carbons (Fsp3) is 0.400. The second-order valence-electron chi connectivity index (χ2n) is 6.66. The quantitative estimate of drug-likeness (QED) is 0.928.